The number of aromatic nitrogens is 1. The molecule has 2 aromatic rings. The van der Waals surface area contributed by atoms with Crippen molar-refractivity contribution in [2.45, 2.75) is 6.92 Å². The third kappa shape index (κ3) is 2.88. The Hall–Kier alpha value is -2.22. The first-order valence-corrected chi connectivity index (χ1v) is 5.45. The van der Waals surface area contributed by atoms with Gasteiger partial charge in [-0.05, 0) is 36.3 Å². The molecule has 0 saturated heterocycles. The van der Waals surface area contributed by atoms with Gasteiger partial charge in [0.05, 0.1) is 0 Å². The molecule has 0 bridgehead atoms. The predicted octanol–water partition coefficient (Wildman–Crippen LogP) is 3.29. The van der Waals surface area contributed by atoms with E-state index in [1.54, 1.807) is 24.5 Å². The van der Waals surface area contributed by atoms with Gasteiger partial charge in [-0.2, -0.15) is 0 Å². The lowest BCUT2D eigenvalue weighted by Crippen LogP contribution is -1.96. The summed E-state index contributed by atoms with van der Waals surface area (Å²) in [6, 6.07) is 11.3. The molecule has 0 amide bonds. The van der Waals surface area contributed by atoms with Crippen LogP contribution in [0.25, 0.3) is 6.08 Å². The van der Waals surface area contributed by atoms with Gasteiger partial charge in [-0.3, -0.25) is 9.78 Å². The van der Waals surface area contributed by atoms with E-state index in [1.165, 1.54) is 0 Å². The fraction of sp³-hybridized carbons (Fsp3) is 0.0667. The molecule has 17 heavy (non-hydrogen) atoms. The van der Waals surface area contributed by atoms with Crippen LogP contribution in [0.4, 0.5) is 0 Å². The molecule has 0 atom stereocenters. The molecule has 0 radical (unpaired) electrons. The first-order valence-electron chi connectivity index (χ1n) is 5.45. The molecule has 0 saturated carbocycles. The molecule has 0 unspecified atom stereocenters. The molecule has 1 heterocycles. The van der Waals surface area contributed by atoms with Crippen LogP contribution < -0.4 is 0 Å². The maximum atomic E-state index is 11.9. The van der Waals surface area contributed by atoms with Crippen LogP contribution in [0.15, 0.2) is 54.9 Å². The van der Waals surface area contributed by atoms with E-state index in [2.05, 4.69) is 4.98 Å². The summed E-state index contributed by atoms with van der Waals surface area (Å²) in [5.41, 5.74) is 2.72. The van der Waals surface area contributed by atoms with Crippen molar-refractivity contribution in [1.29, 1.82) is 0 Å². The van der Waals surface area contributed by atoms with Gasteiger partial charge < -0.3 is 0 Å². The van der Waals surface area contributed by atoms with E-state index < -0.39 is 0 Å². The summed E-state index contributed by atoms with van der Waals surface area (Å²) in [6.07, 6.45) is 6.81. The molecule has 2 heteroatoms. The highest BCUT2D eigenvalue weighted by Crippen LogP contribution is 2.09. The number of benzene rings is 1. The van der Waals surface area contributed by atoms with Gasteiger partial charge in [0.15, 0.2) is 5.78 Å². The van der Waals surface area contributed by atoms with Crippen LogP contribution in [0, 0.1) is 6.92 Å². The minimum absolute atomic E-state index is 0.0277. The predicted molar refractivity (Wildman–Crippen MR) is 68.8 cm³/mol. The molecule has 2 nitrogen and oxygen atoms in total. The van der Waals surface area contributed by atoms with Crippen molar-refractivity contribution in [2.75, 3.05) is 0 Å². The zero-order valence-electron chi connectivity index (χ0n) is 9.63. The number of nitrogens with zero attached hydrogens (tertiary/aromatic N) is 1. The number of hydrogen-bond acceptors (Lipinski definition) is 2. The Morgan fingerprint density at radius 3 is 2.53 bits per heavy atom. The number of pyridine rings is 1. The van der Waals surface area contributed by atoms with E-state index in [1.807, 2.05) is 43.3 Å². The number of aryl methyl sites for hydroxylation is 1. The van der Waals surface area contributed by atoms with E-state index in [-0.39, 0.29) is 5.78 Å². The zero-order valence-corrected chi connectivity index (χ0v) is 9.63. The number of hydrogen-bond donors (Lipinski definition) is 0. The lowest BCUT2D eigenvalue weighted by atomic mass is 10.0. The molecule has 0 aliphatic heterocycles. The van der Waals surface area contributed by atoms with E-state index in [0.29, 0.717) is 0 Å². The molecular formula is C15H13NO. The highest BCUT2D eigenvalue weighted by atomic mass is 16.1. The first kappa shape index (κ1) is 11.3. The Kier molecular flexibility index (Phi) is 3.46. The highest BCUT2D eigenvalue weighted by molar-refractivity contribution is 6.07. The largest absolute Gasteiger partial charge is 0.289 e. The van der Waals surface area contributed by atoms with Crippen molar-refractivity contribution in [3.63, 3.8) is 0 Å². The minimum Gasteiger partial charge on any atom is -0.289 e. The van der Waals surface area contributed by atoms with Crippen LogP contribution in [-0.2, 0) is 0 Å². The Balaban J connectivity index is 2.18. The average molecular weight is 223 g/mol. The van der Waals surface area contributed by atoms with E-state index in [0.717, 1.165) is 16.7 Å². The van der Waals surface area contributed by atoms with Crippen LogP contribution in [0.1, 0.15) is 21.5 Å². The molecule has 84 valence electrons. The Morgan fingerprint density at radius 2 is 1.82 bits per heavy atom. The van der Waals surface area contributed by atoms with Crippen molar-refractivity contribution in [1.82, 2.24) is 4.98 Å². The number of carbonyl (C=O) groups excluding carboxylic acids is 1. The molecular weight excluding hydrogens is 210 g/mol. The fourth-order valence-electron chi connectivity index (χ4n) is 1.59. The molecule has 1 aromatic carbocycles. The van der Waals surface area contributed by atoms with Crippen LogP contribution in [0.2, 0.25) is 0 Å². The summed E-state index contributed by atoms with van der Waals surface area (Å²) in [7, 11) is 0. The number of allylic oxidation sites excluding steroid dienone is 1. The van der Waals surface area contributed by atoms with Gasteiger partial charge in [-0.25, -0.2) is 0 Å². The molecule has 0 N–H and O–H groups in total. The maximum absolute atomic E-state index is 11.9. The van der Waals surface area contributed by atoms with Crippen LogP contribution >= 0.6 is 0 Å². The van der Waals surface area contributed by atoms with E-state index in [9.17, 15) is 4.79 Å². The van der Waals surface area contributed by atoms with Crippen molar-refractivity contribution < 1.29 is 4.79 Å². The van der Waals surface area contributed by atoms with Gasteiger partial charge in [0.25, 0.3) is 0 Å². The SMILES string of the molecule is Cc1ccccc1C(=O)C=Cc1ccncc1. The van der Waals surface area contributed by atoms with Crippen molar-refractivity contribution in [2.24, 2.45) is 0 Å². The fourth-order valence-corrected chi connectivity index (χ4v) is 1.59. The summed E-state index contributed by atoms with van der Waals surface area (Å²) in [5, 5.41) is 0. The second-order valence-corrected chi connectivity index (χ2v) is 3.79. The summed E-state index contributed by atoms with van der Waals surface area (Å²) in [5.74, 6) is 0.0277. The first-order chi connectivity index (χ1) is 8.27. The van der Waals surface area contributed by atoms with E-state index >= 15 is 0 Å². The second kappa shape index (κ2) is 5.21. The van der Waals surface area contributed by atoms with Gasteiger partial charge in [0, 0.05) is 18.0 Å². The lowest BCUT2D eigenvalue weighted by molar-refractivity contribution is 0.104. The minimum atomic E-state index is 0.0277. The third-order valence-corrected chi connectivity index (χ3v) is 2.54. The molecule has 0 fully saturated rings. The molecule has 0 spiro atoms. The standard InChI is InChI=1S/C15H13NO/c1-12-4-2-3-5-14(12)15(17)7-6-13-8-10-16-11-9-13/h2-11H,1H3. The smallest absolute Gasteiger partial charge is 0.186 e. The van der Waals surface area contributed by atoms with Crippen molar-refractivity contribution >= 4 is 11.9 Å². The molecule has 1 aromatic heterocycles. The van der Waals surface area contributed by atoms with Gasteiger partial charge in [0.2, 0.25) is 0 Å². The van der Waals surface area contributed by atoms with Gasteiger partial charge in [0.1, 0.15) is 0 Å². The van der Waals surface area contributed by atoms with Gasteiger partial charge in [-0.1, -0.05) is 30.3 Å². The zero-order chi connectivity index (χ0) is 12.1. The Morgan fingerprint density at radius 1 is 1.12 bits per heavy atom. The van der Waals surface area contributed by atoms with Crippen molar-refractivity contribution in [3.05, 3.63) is 71.6 Å². The average Bonchev–Trinajstić information content (AvgIpc) is 2.38. The summed E-state index contributed by atoms with van der Waals surface area (Å²) >= 11 is 0. The Labute approximate surface area is 101 Å². The number of rotatable bonds is 3. The lowest BCUT2D eigenvalue weighted by Gasteiger charge is -2.00. The van der Waals surface area contributed by atoms with Crippen molar-refractivity contribution in [3.8, 4) is 0 Å². The van der Waals surface area contributed by atoms with Gasteiger partial charge in [-0.15, -0.1) is 0 Å². The normalized spacial score (nSPS) is 10.6. The summed E-state index contributed by atoms with van der Waals surface area (Å²) < 4.78 is 0. The quantitative estimate of drug-likeness (QED) is 0.590. The van der Waals surface area contributed by atoms with E-state index in [4.69, 9.17) is 0 Å². The molecule has 0 aliphatic carbocycles. The van der Waals surface area contributed by atoms with Gasteiger partial charge >= 0.3 is 0 Å². The number of ketones is 1. The Bertz CT molecular complexity index is 544. The van der Waals surface area contributed by atoms with Crippen LogP contribution in [0.5, 0.6) is 0 Å². The van der Waals surface area contributed by atoms with Crippen LogP contribution in [0.3, 0.4) is 0 Å². The monoisotopic (exact) mass is 223 g/mol. The maximum Gasteiger partial charge on any atom is 0.186 e. The topological polar surface area (TPSA) is 30.0 Å². The summed E-state index contributed by atoms with van der Waals surface area (Å²) in [6.45, 7) is 1.94. The molecule has 2 rings (SSSR count). The second-order valence-electron chi connectivity index (χ2n) is 3.79. The number of carbonyl (C=O) groups is 1. The highest BCUT2D eigenvalue weighted by Gasteiger charge is 2.03. The summed E-state index contributed by atoms with van der Waals surface area (Å²) in [4.78, 5) is 15.9. The van der Waals surface area contributed by atoms with Crippen LogP contribution in [-0.4, -0.2) is 10.8 Å². The third-order valence-electron chi connectivity index (χ3n) is 2.54. The molecule has 0 aliphatic rings.